The molecule has 54 heavy (non-hydrogen) atoms. The molecular weight excluding hydrogens is 693 g/mol. The first-order valence-electron chi connectivity index (χ1n) is 18.2. The number of halogens is 3. The van der Waals surface area contributed by atoms with E-state index in [1.807, 2.05) is 12.1 Å². The number of ether oxygens (including phenoxy) is 1. The fraction of sp³-hybridized carbons (Fsp3) is 0.268. The van der Waals surface area contributed by atoms with Crippen LogP contribution < -0.4 is 20.3 Å². The van der Waals surface area contributed by atoms with Crippen molar-refractivity contribution >= 4 is 34.6 Å². The van der Waals surface area contributed by atoms with Gasteiger partial charge in [-0.25, -0.2) is 28.1 Å². The highest BCUT2D eigenvalue weighted by Crippen LogP contribution is 2.36. The summed E-state index contributed by atoms with van der Waals surface area (Å²) < 4.78 is 50.6. The predicted octanol–water partition coefficient (Wildman–Crippen LogP) is 8.33. The Morgan fingerprint density at radius 3 is 2.41 bits per heavy atom. The highest BCUT2D eigenvalue weighted by molar-refractivity contribution is 6.05. The van der Waals surface area contributed by atoms with Crippen molar-refractivity contribution in [3.63, 3.8) is 0 Å². The van der Waals surface area contributed by atoms with Gasteiger partial charge in [0, 0.05) is 60.5 Å². The van der Waals surface area contributed by atoms with Crippen LogP contribution in [0.25, 0.3) is 28.3 Å². The van der Waals surface area contributed by atoms with E-state index in [-0.39, 0.29) is 5.56 Å². The molecule has 0 atom stereocenters. The Morgan fingerprint density at radius 1 is 0.852 bits per heavy atom. The van der Waals surface area contributed by atoms with Crippen LogP contribution in [0.4, 0.5) is 36.2 Å². The lowest BCUT2D eigenvalue weighted by Crippen LogP contribution is -2.46. The van der Waals surface area contributed by atoms with Crippen molar-refractivity contribution in [3.05, 3.63) is 114 Å². The van der Waals surface area contributed by atoms with Crippen LogP contribution in [-0.2, 0) is 0 Å². The second-order valence-corrected chi connectivity index (χ2v) is 13.6. The van der Waals surface area contributed by atoms with Crippen molar-refractivity contribution in [2.24, 2.45) is 0 Å². The van der Waals surface area contributed by atoms with Crippen LogP contribution in [0.2, 0.25) is 0 Å². The van der Waals surface area contributed by atoms with E-state index in [0.717, 1.165) is 43.8 Å². The van der Waals surface area contributed by atoms with Gasteiger partial charge in [0.05, 0.1) is 29.9 Å². The highest BCUT2D eigenvalue weighted by atomic mass is 19.1. The summed E-state index contributed by atoms with van der Waals surface area (Å²) in [5.74, 6) is -2.03. The molecule has 0 spiro atoms. The van der Waals surface area contributed by atoms with Gasteiger partial charge in [0.1, 0.15) is 34.5 Å². The molecule has 0 saturated carbocycles. The minimum atomic E-state index is -0.894. The molecule has 276 valence electrons. The minimum Gasteiger partial charge on any atom is -0.494 e. The number of nitrogens with one attached hydrogen (secondary N) is 2. The number of piperidine rings is 2. The fourth-order valence-electron chi connectivity index (χ4n) is 7.50. The van der Waals surface area contributed by atoms with Gasteiger partial charge >= 0.3 is 0 Å². The quantitative estimate of drug-likeness (QED) is 0.153. The van der Waals surface area contributed by atoms with Gasteiger partial charge in [-0.3, -0.25) is 9.20 Å². The lowest BCUT2D eigenvalue weighted by Gasteiger charge is -2.41. The molecule has 5 heterocycles. The van der Waals surface area contributed by atoms with Crippen LogP contribution in [-0.4, -0.2) is 69.5 Å². The number of carbonyl (C=O) groups is 1. The molecule has 2 aliphatic rings. The number of hydrogen-bond acceptors (Lipinski definition) is 8. The Hall–Kier alpha value is -5.95. The summed E-state index contributed by atoms with van der Waals surface area (Å²) in [6.45, 7) is 4.41. The lowest BCUT2D eigenvalue weighted by molar-refractivity contribution is 0.102. The van der Waals surface area contributed by atoms with E-state index in [1.165, 1.54) is 56.6 Å². The van der Waals surface area contributed by atoms with E-state index in [0.29, 0.717) is 51.7 Å². The number of benzene rings is 3. The number of rotatable bonds is 9. The fourth-order valence-corrected chi connectivity index (χ4v) is 7.50. The molecule has 0 aliphatic carbocycles. The highest BCUT2D eigenvalue weighted by Gasteiger charge is 2.26. The molecule has 8 rings (SSSR count). The van der Waals surface area contributed by atoms with Gasteiger partial charge in [-0.15, -0.1) is 0 Å². The molecule has 10 nitrogen and oxygen atoms in total. The predicted molar refractivity (Wildman–Crippen MR) is 203 cm³/mol. The monoisotopic (exact) mass is 732 g/mol. The van der Waals surface area contributed by atoms with E-state index in [9.17, 15) is 18.0 Å². The van der Waals surface area contributed by atoms with Crippen LogP contribution in [0.3, 0.4) is 0 Å². The van der Waals surface area contributed by atoms with Crippen LogP contribution in [0, 0.1) is 17.5 Å². The van der Waals surface area contributed by atoms with Gasteiger partial charge in [-0.1, -0.05) is 24.6 Å². The number of imidazole rings is 1. The van der Waals surface area contributed by atoms with E-state index in [4.69, 9.17) is 14.7 Å². The lowest BCUT2D eigenvalue weighted by atomic mass is 9.99. The van der Waals surface area contributed by atoms with Gasteiger partial charge in [0.25, 0.3) is 5.91 Å². The average molecular weight is 733 g/mol. The molecule has 2 saturated heterocycles. The SMILES string of the molecule is COc1cc(N2CCC(N3CCCCC3)CC2)ccc1Nc1nccc(-c2c(-c3cccc(C(=O)Nc4c(F)cccc4F)c3)nc3cc(F)ccn23)n1. The number of amides is 1. The van der Waals surface area contributed by atoms with Gasteiger partial charge in [0.15, 0.2) is 0 Å². The molecule has 0 unspecified atom stereocenters. The van der Waals surface area contributed by atoms with Gasteiger partial charge < -0.3 is 25.2 Å². The van der Waals surface area contributed by atoms with Crippen LogP contribution >= 0.6 is 0 Å². The molecular formula is C41H39F3N8O2. The molecule has 0 radical (unpaired) electrons. The summed E-state index contributed by atoms with van der Waals surface area (Å²) in [4.78, 5) is 32.3. The summed E-state index contributed by atoms with van der Waals surface area (Å²) in [5, 5.41) is 5.62. The van der Waals surface area contributed by atoms with E-state index >= 15 is 0 Å². The number of pyridine rings is 1. The number of fused-ring (bicyclic) bond motifs is 1. The maximum atomic E-state index is 14.4. The maximum Gasteiger partial charge on any atom is 0.255 e. The first kappa shape index (κ1) is 35.1. The second-order valence-electron chi connectivity index (χ2n) is 13.6. The zero-order chi connectivity index (χ0) is 37.2. The van der Waals surface area contributed by atoms with Gasteiger partial charge in [0.2, 0.25) is 5.95 Å². The summed E-state index contributed by atoms with van der Waals surface area (Å²) in [5.41, 5.74) is 3.58. The van der Waals surface area contributed by atoms with Crippen molar-refractivity contribution in [1.82, 2.24) is 24.3 Å². The summed E-state index contributed by atoms with van der Waals surface area (Å²) in [6, 6.07) is 20.9. The largest absolute Gasteiger partial charge is 0.494 e. The Bertz CT molecular complexity index is 2300. The van der Waals surface area contributed by atoms with E-state index < -0.39 is 29.0 Å². The van der Waals surface area contributed by atoms with Crippen molar-refractivity contribution in [2.45, 2.75) is 38.1 Å². The second kappa shape index (κ2) is 15.2. The molecule has 2 aliphatic heterocycles. The number of hydrogen-bond donors (Lipinski definition) is 2. The molecule has 6 aromatic rings. The van der Waals surface area contributed by atoms with Crippen molar-refractivity contribution in [2.75, 3.05) is 48.8 Å². The molecule has 13 heteroatoms. The van der Waals surface area contributed by atoms with Crippen molar-refractivity contribution in [1.29, 1.82) is 0 Å². The first-order chi connectivity index (χ1) is 26.3. The third kappa shape index (κ3) is 7.19. The molecule has 3 aromatic heterocycles. The maximum absolute atomic E-state index is 14.4. The third-order valence-electron chi connectivity index (χ3n) is 10.3. The molecule has 2 fully saturated rings. The number of nitrogens with zero attached hydrogens (tertiary/aromatic N) is 6. The number of methoxy groups -OCH3 is 1. The van der Waals surface area contributed by atoms with Crippen LogP contribution in [0.15, 0.2) is 91.3 Å². The molecule has 2 N–H and O–H groups in total. The smallest absolute Gasteiger partial charge is 0.255 e. The Balaban J connectivity index is 1.06. The van der Waals surface area contributed by atoms with Crippen LogP contribution in [0.1, 0.15) is 42.5 Å². The van der Waals surface area contributed by atoms with Gasteiger partial charge in [-0.2, -0.15) is 0 Å². The standard InChI is InChI=1S/C41H39F3N8O2/c1-54-35-25-30(51-20-15-29(16-21-51)50-18-3-2-4-19-50)11-12-33(35)46-41-45-17-13-34(47-41)39-37(48-36-24-28(42)14-22-52(36)39)26-7-5-8-27(23-26)40(53)49-38-31(43)9-6-10-32(38)44/h5-14,17,22-25,29H,2-4,15-16,18-21H2,1H3,(H,49,53)(H,45,46,47). The topological polar surface area (TPSA) is 99.9 Å². The number of para-hydroxylation sites is 1. The summed E-state index contributed by atoms with van der Waals surface area (Å²) in [6.07, 6.45) is 9.40. The molecule has 3 aromatic carbocycles. The zero-order valence-electron chi connectivity index (χ0n) is 29.7. The Kier molecular flexibility index (Phi) is 9.87. The summed E-state index contributed by atoms with van der Waals surface area (Å²) >= 11 is 0. The Morgan fingerprint density at radius 2 is 1.63 bits per heavy atom. The normalized spacial score (nSPS) is 15.4. The number of carbonyl (C=O) groups excluding carboxylic acids is 1. The van der Waals surface area contributed by atoms with Gasteiger partial charge in [-0.05, 0) is 87.3 Å². The number of likely N-dealkylation sites (tertiary alicyclic amines) is 1. The zero-order valence-corrected chi connectivity index (χ0v) is 29.7. The van der Waals surface area contributed by atoms with E-state index in [2.05, 4.69) is 31.5 Å². The summed E-state index contributed by atoms with van der Waals surface area (Å²) in [7, 11) is 1.63. The average Bonchev–Trinajstić information content (AvgIpc) is 3.59. The Labute approximate surface area is 310 Å². The first-order valence-corrected chi connectivity index (χ1v) is 18.2. The van der Waals surface area contributed by atoms with Crippen molar-refractivity contribution < 1.29 is 22.7 Å². The number of aromatic nitrogens is 4. The molecule has 1 amide bonds. The minimum absolute atomic E-state index is 0.135. The third-order valence-corrected chi connectivity index (χ3v) is 10.3. The van der Waals surface area contributed by atoms with E-state index in [1.54, 1.807) is 48.2 Å². The number of anilines is 4. The van der Waals surface area contributed by atoms with Crippen molar-refractivity contribution in [3.8, 4) is 28.4 Å². The van der Waals surface area contributed by atoms with Crippen LogP contribution in [0.5, 0.6) is 5.75 Å². The molecule has 0 bridgehead atoms.